The Morgan fingerprint density at radius 3 is 2.22 bits per heavy atom. The normalized spacial score (nSPS) is 16.6. The molecule has 0 radical (unpaired) electrons. The molecule has 1 fully saturated rings. The highest BCUT2D eigenvalue weighted by Gasteiger charge is 2.45. The van der Waals surface area contributed by atoms with Crippen LogP contribution in [0.3, 0.4) is 0 Å². The van der Waals surface area contributed by atoms with E-state index >= 15 is 0 Å². The van der Waals surface area contributed by atoms with Crippen molar-refractivity contribution in [1.29, 1.82) is 0 Å². The maximum atomic E-state index is 11.2. The predicted octanol–water partition coefficient (Wildman–Crippen LogP) is 0.913. The van der Waals surface area contributed by atoms with Crippen LogP contribution in [0.2, 0.25) is 0 Å². The number of anilines is 1. The van der Waals surface area contributed by atoms with Crippen molar-refractivity contribution < 1.29 is 19.4 Å². The third-order valence-electron chi connectivity index (χ3n) is 3.06. The molecule has 0 unspecified atom stereocenters. The van der Waals surface area contributed by atoms with E-state index in [-0.39, 0.29) is 5.95 Å². The molecule has 0 saturated heterocycles. The molecule has 7 nitrogen and oxygen atoms in total. The first-order chi connectivity index (χ1) is 8.59. The van der Waals surface area contributed by atoms with Gasteiger partial charge in [-0.25, -0.2) is 4.79 Å². The van der Waals surface area contributed by atoms with E-state index in [4.69, 9.17) is 9.47 Å². The molecule has 0 aliphatic heterocycles. The summed E-state index contributed by atoms with van der Waals surface area (Å²) in [5.74, 6) is -0.0409. The number of hydrogen-bond donors (Lipinski definition) is 2. The number of carboxylic acid groups (broad SMARTS) is 1. The fourth-order valence-electron chi connectivity index (χ4n) is 1.81. The van der Waals surface area contributed by atoms with E-state index in [0.29, 0.717) is 24.6 Å². The Kier molecular flexibility index (Phi) is 3.22. The van der Waals surface area contributed by atoms with Crippen LogP contribution in [0.15, 0.2) is 6.07 Å². The molecule has 0 amide bonds. The fraction of sp³-hybridized carbons (Fsp3) is 0.545. The lowest BCUT2D eigenvalue weighted by molar-refractivity contribution is -0.145. The van der Waals surface area contributed by atoms with Crippen LogP contribution in [0.4, 0.5) is 5.95 Å². The first kappa shape index (κ1) is 12.4. The molecule has 18 heavy (non-hydrogen) atoms. The van der Waals surface area contributed by atoms with Crippen LogP contribution in [0.5, 0.6) is 11.8 Å². The maximum Gasteiger partial charge on any atom is 0.329 e. The second-order valence-corrected chi connectivity index (χ2v) is 4.14. The second kappa shape index (κ2) is 4.67. The van der Waals surface area contributed by atoms with E-state index in [1.165, 1.54) is 20.3 Å². The lowest BCUT2D eigenvalue weighted by Crippen LogP contribution is -2.52. The van der Waals surface area contributed by atoms with Gasteiger partial charge in [0, 0.05) is 0 Å². The van der Waals surface area contributed by atoms with E-state index in [1.807, 2.05) is 0 Å². The third kappa shape index (κ3) is 2.15. The van der Waals surface area contributed by atoms with Gasteiger partial charge in [0.1, 0.15) is 5.54 Å². The van der Waals surface area contributed by atoms with Crippen molar-refractivity contribution in [1.82, 2.24) is 9.97 Å². The van der Waals surface area contributed by atoms with Crippen LogP contribution in [0, 0.1) is 0 Å². The molecule has 2 N–H and O–H groups in total. The minimum atomic E-state index is -0.961. The summed E-state index contributed by atoms with van der Waals surface area (Å²) in [6, 6.07) is 1.53. The number of methoxy groups -OCH3 is 2. The first-order valence-corrected chi connectivity index (χ1v) is 5.58. The van der Waals surface area contributed by atoms with Gasteiger partial charge < -0.3 is 19.9 Å². The minimum Gasteiger partial charge on any atom is -0.481 e. The number of nitrogens with one attached hydrogen (secondary N) is 1. The van der Waals surface area contributed by atoms with Crippen molar-refractivity contribution in [2.75, 3.05) is 19.5 Å². The van der Waals surface area contributed by atoms with Crippen molar-refractivity contribution >= 4 is 11.9 Å². The van der Waals surface area contributed by atoms with Crippen LogP contribution >= 0.6 is 0 Å². The molecule has 1 aliphatic rings. The molecule has 2 rings (SSSR count). The lowest BCUT2D eigenvalue weighted by Gasteiger charge is -2.38. The lowest BCUT2D eigenvalue weighted by atomic mass is 9.77. The molecule has 98 valence electrons. The van der Waals surface area contributed by atoms with Gasteiger partial charge in [-0.1, -0.05) is 0 Å². The summed E-state index contributed by atoms with van der Waals surface area (Å²) in [6.45, 7) is 0. The number of hydrogen-bond acceptors (Lipinski definition) is 6. The van der Waals surface area contributed by atoms with Crippen molar-refractivity contribution in [3.8, 4) is 11.8 Å². The summed E-state index contributed by atoms with van der Waals surface area (Å²) in [4.78, 5) is 19.4. The molecule has 0 atom stereocenters. The quantitative estimate of drug-likeness (QED) is 0.805. The highest BCUT2D eigenvalue weighted by atomic mass is 16.5. The van der Waals surface area contributed by atoms with Gasteiger partial charge in [-0.05, 0) is 19.3 Å². The first-order valence-electron chi connectivity index (χ1n) is 5.58. The Morgan fingerprint density at radius 1 is 1.33 bits per heavy atom. The number of aliphatic carboxylic acids is 1. The Labute approximate surface area is 104 Å². The molecule has 1 aromatic rings. The Morgan fingerprint density at radius 2 is 1.89 bits per heavy atom. The predicted molar refractivity (Wildman–Crippen MR) is 63.0 cm³/mol. The van der Waals surface area contributed by atoms with Crippen LogP contribution in [0.25, 0.3) is 0 Å². The average Bonchev–Trinajstić information content (AvgIpc) is 2.32. The molecular formula is C11H15N3O4. The van der Waals surface area contributed by atoms with Crippen molar-refractivity contribution in [2.45, 2.75) is 24.8 Å². The van der Waals surface area contributed by atoms with Crippen LogP contribution in [0.1, 0.15) is 19.3 Å². The van der Waals surface area contributed by atoms with Crippen molar-refractivity contribution in [3.63, 3.8) is 0 Å². The van der Waals surface area contributed by atoms with Crippen molar-refractivity contribution in [3.05, 3.63) is 6.07 Å². The highest BCUT2D eigenvalue weighted by Crippen LogP contribution is 2.35. The molecule has 0 spiro atoms. The number of carboxylic acids is 1. The van der Waals surface area contributed by atoms with Gasteiger partial charge in [0.05, 0.1) is 20.3 Å². The number of rotatable bonds is 5. The van der Waals surface area contributed by atoms with E-state index in [1.54, 1.807) is 0 Å². The van der Waals surface area contributed by atoms with Crippen LogP contribution in [-0.2, 0) is 4.79 Å². The van der Waals surface area contributed by atoms with E-state index in [9.17, 15) is 9.90 Å². The van der Waals surface area contributed by atoms with Gasteiger partial charge in [0.15, 0.2) is 0 Å². The standard InChI is InChI=1S/C11H15N3O4/c1-17-7-6-8(18-2)13-10(12-7)14-11(9(15)16)4-3-5-11/h6H,3-5H2,1-2H3,(H,15,16)(H,12,13,14). The summed E-state index contributed by atoms with van der Waals surface area (Å²) >= 11 is 0. The molecule has 1 saturated carbocycles. The highest BCUT2D eigenvalue weighted by molar-refractivity contribution is 5.83. The number of aromatic nitrogens is 2. The van der Waals surface area contributed by atoms with Crippen LogP contribution in [-0.4, -0.2) is 40.8 Å². The van der Waals surface area contributed by atoms with Gasteiger partial charge in [0.25, 0.3) is 0 Å². The zero-order chi connectivity index (χ0) is 13.2. The molecule has 1 aromatic heterocycles. The Balaban J connectivity index is 2.25. The second-order valence-electron chi connectivity index (χ2n) is 4.14. The molecule has 1 heterocycles. The van der Waals surface area contributed by atoms with Gasteiger partial charge in [-0.3, -0.25) is 0 Å². The van der Waals surface area contributed by atoms with Gasteiger partial charge in [0.2, 0.25) is 17.7 Å². The smallest absolute Gasteiger partial charge is 0.329 e. The molecule has 0 bridgehead atoms. The summed E-state index contributed by atoms with van der Waals surface area (Å²) in [5, 5.41) is 12.1. The number of carbonyl (C=O) groups is 1. The topological polar surface area (TPSA) is 93.6 Å². The van der Waals surface area contributed by atoms with Gasteiger partial charge in [-0.2, -0.15) is 9.97 Å². The number of nitrogens with zero attached hydrogens (tertiary/aromatic N) is 2. The monoisotopic (exact) mass is 253 g/mol. The zero-order valence-electron chi connectivity index (χ0n) is 10.3. The zero-order valence-corrected chi connectivity index (χ0v) is 10.3. The molecule has 7 heteroatoms. The van der Waals surface area contributed by atoms with Gasteiger partial charge >= 0.3 is 5.97 Å². The average molecular weight is 253 g/mol. The summed E-state index contributed by atoms with van der Waals surface area (Å²) in [6.07, 6.45) is 2.00. The van der Waals surface area contributed by atoms with E-state index < -0.39 is 11.5 Å². The van der Waals surface area contributed by atoms with E-state index in [0.717, 1.165) is 6.42 Å². The SMILES string of the molecule is COc1cc(OC)nc(NC2(C(=O)O)CCC2)n1. The summed E-state index contributed by atoms with van der Waals surface area (Å²) in [5.41, 5.74) is -0.961. The molecular weight excluding hydrogens is 238 g/mol. The third-order valence-corrected chi connectivity index (χ3v) is 3.06. The number of ether oxygens (including phenoxy) is 2. The summed E-state index contributed by atoms with van der Waals surface area (Å²) in [7, 11) is 2.95. The maximum absolute atomic E-state index is 11.2. The largest absolute Gasteiger partial charge is 0.481 e. The van der Waals surface area contributed by atoms with E-state index in [2.05, 4.69) is 15.3 Å². The van der Waals surface area contributed by atoms with Crippen LogP contribution < -0.4 is 14.8 Å². The fourth-order valence-corrected chi connectivity index (χ4v) is 1.81. The summed E-state index contributed by atoms with van der Waals surface area (Å²) < 4.78 is 10.0. The Bertz CT molecular complexity index is 437. The molecule has 1 aliphatic carbocycles. The van der Waals surface area contributed by atoms with Gasteiger partial charge in [-0.15, -0.1) is 0 Å². The Hall–Kier alpha value is -2.05. The molecule has 0 aromatic carbocycles. The van der Waals surface area contributed by atoms with Crippen molar-refractivity contribution in [2.24, 2.45) is 0 Å². The minimum absolute atomic E-state index is 0.202.